The van der Waals surface area contributed by atoms with Gasteiger partial charge in [0, 0.05) is 5.25 Å². The van der Waals surface area contributed by atoms with Crippen LogP contribution in [0.5, 0.6) is 0 Å². The summed E-state index contributed by atoms with van der Waals surface area (Å²) in [6.45, 7) is 0. The first-order valence-electron chi connectivity index (χ1n) is 6.51. The fourth-order valence-corrected chi connectivity index (χ4v) is 3.35. The van der Waals surface area contributed by atoms with Crippen molar-refractivity contribution in [1.29, 1.82) is 0 Å². The number of amides is 1. The van der Waals surface area contributed by atoms with Crippen molar-refractivity contribution >= 4 is 29.0 Å². The molecule has 1 aliphatic rings. The van der Waals surface area contributed by atoms with Crippen molar-refractivity contribution < 1.29 is 4.79 Å². The number of anilines is 2. The lowest BCUT2D eigenvalue weighted by molar-refractivity contribution is -0.113. The predicted molar refractivity (Wildman–Crippen MR) is 78.8 cm³/mol. The first kappa shape index (κ1) is 13.3. The van der Waals surface area contributed by atoms with Crippen LogP contribution in [0.15, 0.2) is 24.3 Å². The molecule has 1 aliphatic carbocycles. The molecule has 98 valence electrons. The average molecular weight is 264 g/mol. The van der Waals surface area contributed by atoms with E-state index in [0.717, 1.165) is 0 Å². The number of nitrogens with two attached hydrogens (primary N) is 1. The normalized spacial score (nSPS) is 16.4. The average Bonchev–Trinajstić information content (AvgIpc) is 2.40. The Balaban J connectivity index is 1.76. The smallest absolute Gasteiger partial charge is 0.234 e. The highest BCUT2D eigenvalue weighted by molar-refractivity contribution is 8.00. The maximum absolute atomic E-state index is 11.8. The number of rotatable bonds is 4. The lowest BCUT2D eigenvalue weighted by atomic mass is 10.0. The molecule has 2 rings (SSSR count). The Labute approximate surface area is 113 Å². The molecule has 4 heteroatoms. The van der Waals surface area contributed by atoms with E-state index in [1.807, 2.05) is 18.2 Å². The maximum atomic E-state index is 11.8. The molecular formula is C14H20N2OS. The van der Waals surface area contributed by atoms with Crippen molar-refractivity contribution in [3.05, 3.63) is 24.3 Å². The van der Waals surface area contributed by atoms with Crippen molar-refractivity contribution in [3.8, 4) is 0 Å². The van der Waals surface area contributed by atoms with Gasteiger partial charge in [-0.25, -0.2) is 0 Å². The first-order chi connectivity index (χ1) is 8.75. The maximum Gasteiger partial charge on any atom is 0.234 e. The van der Waals surface area contributed by atoms with Crippen LogP contribution >= 0.6 is 11.8 Å². The highest BCUT2D eigenvalue weighted by atomic mass is 32.2. The van der Waals surface area contributed by atoms with E-state index in [0.29, 0.717) is 22.4 Å². The van der Waals surface area contributed by atoms with Gasteiger partial charge in [0.2, 0.25) is 5.91 Å². The van der Waals surface area contributed by atoms with Crippen LogP contribution in [0.1, 0.15) is 32.1 Å². The number of nitrogen functional groups attached to an aromatic ring is 1. The first-order valence-corrected chi connectivity index (χ1v) is 7.56. The van der Waals surface area contributed by atoms with Crippen LogP contribution in [0.4, 0.5) is 11.4 Å². The standard InChI is InChI=1S/C14H20N2OS/c15-12-8-4-5-9-13(12)16-14(17)10-18-11-6-2-1-3-7-11/h4-5,8-9,11H,1-3,6-7,10,15H2,(H,16,17). The third-order valence-corrected chi connectivity index (χ3v) is 4.61. The molecule has 3 nitrogen and oxygen atoms in total. The molecular weight excluding hydrogens is 244 g/mol. The molecule has 1 aromatic rings. The van der Waals surface area contributed by atoms with Crippen LogP contribution in [0, 0.1) is 0 Å². The Hall–Kier alpha value is -1.16. The van der Waals surface area contributed by atoms with Crippen molar-refractivity contribution in [2.24, 2.45) is 0 Å². The Morgan fingerprint density at radius 2 is 2.00 bits per heavy atom. The molecule has 1 fully saturated rings. The minimum absolute atomic E-state index is 0.0449. The number of nitrogens with one attached hydrogen (secondary N) is 1. The molecule has 0 radical (unpaired) electrons. The molecule has 0 aromatic heterocycles. The molecule has 1 amide bonds. The van der Waals surface area contributed by atoms with Gasteiger partial charge in [0.05, 0.1) is 17.1 Å². The van der Waals surface area contributed by atoms with E-state index in [1.54, 1.807) is 17.8 Å². The quantitative estimate of drug-likeness (QED) is 0.821. The Bertz CT molecular complexity index is 403. The van der Waals surface area contributed by atoms with Gasteiger partial charge in [-0.3, -0.25) is 4.79 Å². The molecule has 0 heterocycles. The Kier molecular flexibility index (Phi) is 4.93. The summed E-state index contributed by atoms with van der Waals surface area (Å²) in [4.78, 5) is 11.8. The number of hydrogen-bond acceptors (Lipinski definition) is 3. The summed E-state index contributed by atoms with van der Waals surface area (Å²) in [6.07, 6.45) is 6.48. The highest BCUT2D eigenvalue weighted by Crippen LogP contribution is 2.28. The van der Waals surface area contributed by atoms with Gasteiger partial charge in [-0.2, -0.15) is 0 Å². The van der Waals surface area contributed by atoms with E-state index in [9.17, 15) is 4.79 Å². The zero-order valence-corrected chi connectivity index (χ0v) is 11.3. The van der Waals surface area contributed by atoms with Crippen LogP contribution in [-0.2, 0) is 4.79 Å². The van der Waals surface area contributed by atoms with Gasteiger partial charge in [0.25, 0.3) is 0 Å². The van der Waals surface area contributed by atoms with Gasteiger partial charge in [-0.1, -0.05) is 31.4 Å². The van der Waals surface area contributed by atoms with E-state index in [1.165, 1.54) is 32.1 Å². The van der Waals surface area contributed by atoms with E-state index in [-0.39, 0.29) is 5.91 Å². The van der Waals surface area contributed by atoms with Crippen LogP contribution in [0.2, 0.25) is 0 Å². The Morgan fingerprint density at radius 1 is 1.28 bits per heavy atom. The topological polar surface area (TPSA) is 55.1 Å². The molecule has 3 N–H and O–H groups in total. The lowest BCUT2D eigenvalue weighted by Gasteiger charge is -2.20. The minimum Gasteiger partial charge on any atom is -0.397 e. The molecule has 1 aromatic carbocycles. The monoisotopic (exact) mass is 264 g/mol. The molecule has 0 bridgehead atoms. The SMILES string of the molecule is Nc1ccccc1NC(=O)CSC1CCCCC1. The van der Waals surface area contributed by atoms with Crippen LogP contribution in [0.25, 0.3) is 0 Å². The summed E-state index contributed by atoms with van der Waals surface area (Å²) in [5.74, 6) is 0.572. The molecule has 0 atom stereocenters. The number of carbonyl (C=O) groups excluding carboxylic acids is 1. The second kappa shape index (κ2) is 6.69. The second-order valence-electron chi connectivity index (χ2n) is 4.71. The number of benzene rings is 1. The summed E-state index contributed by atoms with van der Waals surface area (Å²) in [6, 6.07) is 7.37. The van der Waals surface area contributed by atoms with Crippen LogP contribution in [0.3, 0.4) is 0 Å². The Morgan fingerprint density at radius 3 is 2.72 bits per heavy atom. The van der Waals surface area contributed by atoms with Gasteiger partial charge >= 0.3 is 0 Å². The van der Waals surface area contributed by atoms with Gasteiger partial charge in [0.1, 0.15) is 0 Å². The van der Waals surface area contributed by atoms with Crippen molar-refractivity contribution in [2.45, 2.75) is 37.4 Å². The molecule has 0 unspecified atom stereocenters. The minimum atomic E-state index is 0.0449. The summed E-state index contributed by atoms with van der Waals surface area (Å²) < 4.78 is 0. The lowest BCUT2D eigenvalue weighted by Crippen LogP contribution is -2.18. The zero-order valence-electron chi connectivity index (χ0n) is 10.5. The van der Waals surface area contributed by atoms with Gasteiger partial charge in [-0.05, 0) is 25.0 Å². The van der Waals surface area contributed by atoms with Gasteiger partial charge in [0.15, 0.2) is 0 Å². The third-order valence-electron chi connectivity index (χ3n) is 3.24. The number of thioether (sulfide) groups is 1. The van der Waals surface area contributed by atoms with Gasteiger partial charge in [-0.15, -0.1) is 11.8 Å². The number of carbonyl (C=O) groups is 1. The predicted octanol–water partition coefficient (Wildman–Crippen LogP) is 3.27. The molecule has 1 saturated carbocycles. The number of hydrogen-bond donors (Lipinski definition) is 2. The number of para-hydroxylation sites is 2. The van der Waals surface area contributed by atoms with Crippen LogP contribution in [-0.4, -0.2) is 16.9 Å². The highest BCUT2D eigenvalue weighted by Gasteiger charge is 2.15. The molecule has 0 saturated heterocycles. The van der Waals surface area contributed by atoms with E-state index in [2.05, 4.69) is 5.32 Å². The molecule has 18 heavy (non-hydrogen) atoms. The zero-order chi connectivity index (χ0) is 12.8. The fraction of sp³-hybridized carbons (Fsp3) is 0.500. The third kappa shape index (κ3) is 3.95. The van der Waals surface area contributed by atoms with Crippen molar-refractivity contribution in [2.75, 3.05) is 16.8 Å². The van der Waals surface area contributed by atoms with E-state index in [4.69, 9.17) is 5.73 Å². The summed E-state index contributed by atoms with van der Waals surface area (Å²) in [5.41, 5.74) is 7.12. The summed E-state index contributed by atoms with van der Waals surface area (Å²) in [7, 11) is 0. The summed E-state index contributed by atoms with van der Waals surface area (Å²) in [5, 5.41) is 3.53. The van der Waals surface area contributed by atoms with Crippen molar-refractivity contribution in [1.82, 2.24) is 0 Å². The van der Waals surface area contributed by atoms with Gasteiger partial charge < -0.3 is 11.1 Å². The van der Waals surface area contributed by atoms with E-state index < -0.39 is 0 Å². The van der Waals surface area contributed by atoms with Crippen molar-refractivity contribution in [3.63, 3.8) is 0 Å². The fourth-order valence-electron chi connectivity index (χ4n) is 2.22. The summed E-state index contributed by atoms with van der Waals surface area (Å²) >= 11 is 1.78. The second-order valence-corrected chi connectivity index (χ2v) is 6.00. The van der Waals surface area contributed by atoms with Crippen LogP contribution < -0.4 is 11.1 Å². The largest absolute Gasteiger partial charge is 0.397 e. The molecule has 0 spiro atoms. The molecule has 0 aliphatic heterocycles. The van der Waals surface area contributed by atoms with E-state index >= 15 is 0 Å².